The maximum absolute atomic E-state index is 13.7. The van der Waals surface area contributed by atoms with Crippen molar-refractivity contribution in [1.29, 1.82) is 0 Å². The van der Waals surface area contributed by atoms with E-state index < -0.39 is 16.1 Å². The van der Waals surface area contributed by atoms with Crippen LogP contribution in [0.3, 0.4) is 0 Å². The van der Waals surface area contributed by atoms with Gasteiger partial charge in [0.1, 0.15) is 11.8 Å². The maximum atomic E-state index is 13.7. The van der Waals surface area contributed by atoms with Crippen LogP contribution in [0.15, 0.2) is 60.7 Å². The molecule has 0 spiro atoms. The summed E-state index contributed by atoms with van der Waals surface area (Å²) in [6.45, 7) is 4.67. The van der Waals surface area contributed by atoms with Gasteiger partial charge in [-0.1, -0.05) is 59.6 Å². The van der Waals surface area contributed by atoms with E-state index in [4.69, 9.17) is 32.7 Å². The normalized spacial score (nSPS) is 17.0. The quantitative estimate of drug-likeness (QED) is 0.355. The lowest BCUT2D eigenvalue weighted by Gasteiger charge is -2.35. The fraction of sp³-hybridized carbons (Fsp3) is 0.333. The van der Waals surface area contributed by atoms with Gasteiger partial charge in [-0.15, -0.1) is 0 Å². The maximum Gasteiger partial charge on any atom is 0.265 e. The molecule has 0 saturated carbocycles. The molecule has 2 heterocycles. The van der Waals surface area contributed by atoms with Gasteiger partial charge in [0.25, 0.3) is 5.91 Å². The van der Waals surface area contributed by atoms with Crippen LogP contribution in [-0.4, -0.2) is 76.9 Å². The summed E-state index contributed by atoms with van der Waals surface area (Å²) in [4.78, 5) is 30.3. The van der Waals surface area contributed by atoms with Crippen LogP contribution >= 0.6 is 23.2 Å². The van der Waals surface area contributed by atoms with Crippen LogP contribution in [0.25, 0.3) is 11.1 Å². The summed E-state index contributed by atoms with van der Waals surface area (Å²) >= 11 is 12.4. The number of hydrogen-bond acceptors (Lipinski definition) is 7. The monoisotopic (exact) mass is 646 g/mol. The molecule has 2 aliphatic heterocycles. The van der Waals surface area contributed by atoms with Crippen LogP contribution < -0.4 is 19.7 Å². The van der Waals surface area contributed by atoms with Crippen molar-refractivity contribution in [3.8, 4) is 16.9 Å². The smallest absolute Gasteiger partial charge is 0.265 e. The number of halogens is 2. The molecule has 3 aromatic rings. The summed E-state index contributed by atoms with van der Waals surface area (Å²) in [6, 6.07) is 16.7. The lowest BCUT2D eigenvalue weighted by molar-refractivity contribution is -0.128. The molecule has 2 atom stereocenters. The van der Waals surface area contributed by atoms with Crippen LogP contribution in [0, 0.1) is 0 Å². The predicted molar refractivity (Wildman–Crippen MR) is 167 cm³/mol. The Kier molecular flexibility index (Phi) is 9.48. The van der Waals surface area contributed by atoms with Gasteiger partial charge in [-0.05, 0) is 41.8 Å². The van der Waals surface area contributed by atoms with E-state index in [0.29, 0.717) is 41.9 Å². The molecule has 2 aliphatic rings. The number of morpholine rings is 1. The molecule has 13 heteroatoms. The third-order valence-corrected chi connectivity index (χ3v) is 8.65. The Labute approximate surface area is 260 Å². The van der Waals surface area contributed by atoms with Gasteiger partial charge in [0, 0.05) is 31.4 Å². The van der Waals surface area contributed by atoms with E-state index in [9.17, 15) is 18.0 Å². The Hall–Kier alpha value is -3.35. The molecule has 1 saturated heterocycles. The zero-order valence-electron chi connectivity index (χ0n) is 23.7. The minimum atomic E-state index is -3.41. The van der Waals surface area contributed by atoms with E-state index in [1.165, 1.54) is 11.0 Å². The zero-order valence-corrected chi connectivity index (χ0v) is 26.0. The average molecular weight is 648 g/mol. The van der Waals surface area contributed by atoms with Gasteiger partial charge < -0.3 is 14.8 Å². The third-order valence-electron chi connectivity index (χ3n) is 7.32. The molecular formula is C30H32Cl2N4O6S. The van der Waals surface area contributed by atoms with Crippen LogP contribution in [0.4, 0.5) is 11.4 Å². The molecule has 0 radical (unpaired) electrons. The van der Waals surface area contributed by atoms with Crippen molar-refractivity contribution in [2.24, 2.45) is 0 Å². The van der Waals surface area contributed by atoms with Crippen LogP contribution in [0.2, 0.25) is 10.0 Å². The highest BCUT2D eigenvalue weighted by Gasteiger charge is 2.35. The molecular weight excluding hydrogens is 615 g/mol. The Morgan fingerprint density at radius 2 is 1.70 bits per heavy atom. The van der Waals surface area contributed by atoms with E-state index in [-0.39, 0.29) is 29.5 Å². The van der Waals surface area contributed by atoms with Crippen molar-refractivity contribution < 1.29 is 27.5 Å². The molecule has 0 aromatic heterocycles. The van der Waals surface area contributed by atoms with Crippen molar-refractivity contribution in [1.82, 2.24) is 10.2 Å². The molecule has 2 N–H and O–H groups in total. The SMILES string of the molecule is CC(C(=O)NC(CN1CCOCC1)c1ccc(-c2cccc(NS(C)(=O)=O)c2)cc1)N1C(=O)COc2cc(Cl)c(Cl)cc21. The van der Waals surface area contributed by atoms with E-state index in [0.717, 1.165) is 36.0 Å². The highest BCUT2D eigenvalue weighted by Crippen LogP contribution is 2.39. The summed E-state index contributed by atoms with van der Waals surface area (Å²) in [7, 11) is -3.41. The minimum absolute atomic E-state index is 0.220. The highest BCUT2D eigenvalue weighted by atomic mass is 35.5. The van der Waals surface area contributed by atoms with Gasteiger partial charge in [0.15, 0.2) is 6.61 Å². The molecule has 0 aliphatic carbocycles. The van der Waals surface area contributed by atoms with E-state index >= 15 is 0 Å². The number of nitrogens with zero attached hydrogens (tertiary/aromatic N) is 2. The molecule has 43 heavy (non-hydrogen) atoms. The van der Waals surface area contributed by atoms with Crippen LogP contribution in [0.1, 0.15) is 18.5 Å². The summed E-state index contributed by atoms with van der Waals surface area (Å²) in [5.74, 6) is -0.325. The Bertz CT molecular complexity index is 1610. The van der Waals surface area contributed by atoms with Crippen LogP contribution in [0.5, 0.6) is 5.75 Å². The fourth-order valence-electron chi connectivity index (χ4n) is 5.16. The van der Waals surface area contributed by atoms with Crippen LogP contribution in [-0.2, 0) is 24.3 Å². The number of hydrogen-bond donors (Lipinski definition) is 2. The second-order valence-corrected chi connectivity index (χ2v) is 13.1. The summed E-state index contributed by atoms with van der Waals surface area (Å²) < 4.78 is 36.9. The highest BCUT2D eigenvalue weighted by molar-refractivity contribution is 7.92. The van der Waals surface area contributed by atoms with Gasteiger partial charge >= 0.3 is 0 Å². The summed E-state index contributed by atoms with van der Waals surface area (Å²) in [5, 5.41) is 3.70. The molecule has 5 rings (SSSR count). The zero-order chi connectivity index (χ0) is 30.7. The van der Waals surface area contributed by atoms with Gasteiger partial charge in [-0.2, -0.15) is 0 Å². The van der Waals surface area contributed by atoms with Crippen molar-refractivity contribution in [2.75, 3.05) is 55.3 Å². The molecule has 228 valence electrons. The number of carbonyl (C=O) groups excluding carboxylic acids is 2. The number of benzene rings is 3. The number of amides is 2. The second-order valence-electron chi connectivity index (χ2n) is 10.5. The van der Waals surface area contributed by atoms with Crippen molar-refractivity contribution in [3.63, 3.8) is 0 Å². The Morgan fingerprint density at radius 1 is 1.00 bits per heavy atom. The van der Waals surface area contributed by atoms with Gasteiger partial charge in [-0.3, -0.25) is 24.1 Å². The first-order chi connectivity index (χ1) is 20.5. The molecule has 0 bridgehead atoms. The topological polar surface area (TPSA) is 117 Å². The number of rotatable bonds is 9. The standard InChI is InChI=1S/C30H32Cl2N4O6S/c1-19(36-27-15-24(31)25(32)16-28(27)42-18-29(36)37)30(38)33-26(17-35-10-12-41-13-11-35)21-8-6-20(7-9-21)22-4-3-5-23(14-22)34-43(2,39)40/h3-9,14-16,19,26,34H,10-13,17-18H2,1-2H3,(H,33,38). The largest absolute Gasteiger partial charge is 0.482 e. The Balaban J connectivity index is 1.38. The fourth-order valence-corrected chi connectivity index (χ4v) is 6.03. The number of sulfonamides is 1. The van der Waals surface area contributed by atoms with E-state index in [1.54, 1.807) is 31.2 Å². The van der Waals surface area contributed by atoms with Crippen molar-refractivity contribution in [3.05, 3.63) is 76.3 Å². The summed E-state index contributed by atoms with van der Waals surface area (Å²) in [6.07, 6.45) is 1.11. The van der Waals surface area contributed by atoms with Gasteiger partial charge in [0.05, 0.1) is 41.2 Å². The van der Waals surface area contributed by atoms with Crippen molar-refractivity contribution >= 4 is 56.4 Å². The molecule has 1 fully saturated rings. The first-order valence-electron chi connectivity index (χ1n) is 13.7. The predicted octanol–water partition coefficient (Wildman–Crippen LogP) is 4.34. The average Bonchev–Trinajstić information content (AvgIpc) is 2.97. The first kappa shape index (κ1) is 31.1. The molecule has 2 amide bonds. The number of ether oxygens (including phenoxy) is 2. The summed E-state index contributed by atoms with van der Waals surface area (Å²) in [5.41, 5.74) is 3.46. The number of nitrogens with one attached hydrogen (secondary N) is 2. The Morgan fingerprint density at radius 3 is 2.40 bits per heavy atom. The van der Waals surface area contributed by atoms with Gasteiger partial charge in [-0.25, -0.2) is 8.42 Å². The lowest BCUT2D eigenvalue weighted by atomic mass is 9.99. The molecule has 3 aromatic carbocycles. The number of fused-ring (bicyclic) bond motifs is 1. The van der Waals surface area contributed by atoms with Crippen molar-refractivity contribution in [2.45, 2.75) is 19.0 Å². The van der Waals surface area contributed by atoms with E-state index in [1.807, 2.05) is 30.3 Å². The minimum Gasteiger partial charge on any atom is -0.482 e. The first-order valence-corrected chi connectivity index (χ1v) is 16.4. The second kappa shape index (κ2) is 13.1. The number of carbonyl (C=O) groups is 2. The molecule has 2 unspecified atom stereocenters. The van der Waals surface area contributed by atoms with E-state index in [2.05, 4.69) is 14.9 Å². The third kappa shape index (κ3) is 7.60. The molecule has 10 nitrogen and oxygen atoms in total. The van der Waals surface area contributed by atoms with Gasteiger partial charge in [0.2, 0.25) is 15.9 Å². The number of anilines is 2. The lowest BCUT2D eigenvalue weighted by Crippen LogP contribution is -2.53.